The molecule has 4 rings (SSSR count). The highest BCUT2D eigenvalue weighted by atomic mass is 16.2. The van der Waals surface area contributed by atoms with E-state index < -0.39 is 0 Å². The Bertz CT molecular complexity index is 901. The number of rotatable bonds is 4. The molecule has 0 aliphatic carbocycles. The zero-order valence-corrected chi connectivity index (χ0v) is 14.5. The Balaban J connectivity index is 1.42. The second kappa shape index (κ2) is 6.95. The van der Waals surface area contributed by atoms with Gasteiger partial charge in [0, 0.05) is 13.0 Å². The Labute approximate surface area is 150 Å². The van der Waals surface area contributed by atoms with E-state index in [0.29, 0.717) is 5.82 Å². The average Bonchev–Trinajstić information content (AvgIpc) is 3.29. The first-order valence-corrected chi connectivity index (χ1v) is 8.72. The number of aromatic nitrogens is 6. The van der Waals surface area contributed by atoms with Gasteiger partial charge in [0.15, 0.2) is 11.6 Å². The summed E-state index contributed by atoms with van der Waals surface area (Å²) in [6, 6.07) is 9.04. The number of amides is 2. The van der Waals surface area contributed by atoms with Gasteiger partial charge in [0.2, 0.25) is 0 Å². The van der Waals surface area contributed by atoms with Gasteiger partial charge in [-0.05, 0) is 25.0 Å². The minimum Gasteiger partial charge on any atom is -0.328 e. The topological polar surface area (TPSA) is 103 Å². The molecule has 0 saturated heterocycles. The second-order valence-corrected chi connectivity index (χ2v) is 6.11. The van der Waals surface area contributed by atoms with Crippen molar-refractivity contribution in [1.82, 2.24) is 35.1 Å². The molecular formula is C17H20N8O. The van der Waals surface area contributed by atoms with E-state index in [4.69, 9.17) is 0 Å². The first kappa shape index (κ1) is 16.2. The van der Waals surface area contributed by atoms with Crippen molar-refractivity contribution in [3.05, 3.63) is 48.2 Å². The van der Waals surface area contributed by atoms with Gasteiger partial charge in [-0.3, -0.25) is 5.32 Å². The SMILES string of the molecule is CCc1nc2n(n1)CCCC2NC(=O)Nc1cnn(-c2ccccc2)n1. The van der Waals surface area contributed by atoms with Gasteiger partial charge in [0.1, 0.15) is 5.82 Å². The van der Waals surface area contributed by atoms with Crippen LogP contribution in [0.15, 0.2) is 36.5 Å². The number of aryl methyl sites for hydroxylation is 2. The van der Waals surface area contributed by atoms with E-state index in [1.165, 1.54) is 11.0 Å². The number of para-hydroxylation sites is 1. The Morgan fingerprint density at radius 2 is 2.12 bits per heavy atom. The smallest absolute Gasteiger partial charge is 0.321 e. The van der Waals surface area contributed by atoms with Crippen LogP contribution in [0.2, 0.25) is 0 Å². The highest BCUT2D eigenvalue weighted by Crippen LogP contribution is 2.23. The summed E-state index contributed by atoms with van der Waals surface area (Å²) in [5, 5.41) is 18.6. The predicted molar refractivity (Wildman–Crippen MR) is 94.9 cm³/mol. The van der Waals surface area contributed by atoms with Gasteiger partial charge < -0.3 is 5.32 Å². The number of hydrogen-bond acceptors (Lipinski definition) is 5. The summed E-state index contributed by atoms with van der Waals surface area (Å²) in [7, 11) is 0. The Morgan fingerprint density at radius 1 is 1.27 bits per heavy atom. The third-order valence-corrected chi connectivity index (χ3v) is 4.26. The van der Waals surface area contributed by atoms with E-state index in [1.807, 2.05) is 41.9 Å². The normalized spacial score (nSPS) is 16.1. The van der Waals surface area contributed by atoms with E-state index in [2.05, 4.69) is 30.9 Å². The minimum absolute atomic E-state index is 0.152. The molecule has 2 amide bonds. The van der Waals surface area contributed by atoms with Crippen LogP contribution in [0.25, 0.3) is 5.69 Å². The molecule has 0 radical (unpaired) electrons. The molecule has 9 heteroatoms. The summed E-state index contributed by atoms with van der Waals surface area (Å²) in [6.07, 6.45) is 4.09. The maximum absolute atomic E-state index is 12.4. The van der Waals surface area contributed by atoms with Crippen LogP contribution in [0.4, 0.5) is 10.6 Å². The molecule has 3 heterocycles. The maximum atomic E-state index is 12.4. The van der Waals surface area contributed by atoms with Crippen LogP contribution in [-0.4, -0.2) is 35.8 Å². The van der Waals surface area contributed by atoms with Crippen LogP contribution in [0.1, 0.15) is 37.5 Å². The Morgan fingerprint density at radius 3 is 2.92 bits per heavy atom. The van der Waals surface area contributed by atoms with Crippen molar-refractivity contribution in [2.45, 2.75) is 38.8 Å². The predicted octanol–water partition coefficient (Wildman–Crippen LogP) is 2.08. The van der Waals surface area contributed by atoms with Gasteiger partial charge in [-0.25, -0.2) is 14.5 Å². The first-order valence-electron chi connectivity index (χ1n) is 8.72. The summed E-state index contributed by atoms with van der Waals surface area (Å²) in [4.78, 5) is 18.4. The molecule has 1 atom stereocenters. The molecule has 0 spiro atoms. The van der Waals surface area contributed by atoms with Crippen molar-refractivity contribution in [2.75, 3.05) is 5.32 Å². The molecule has 0 bridgehead atoms. The fourth-order valence-corrected chi connectivity index (χ4v) is 3.00. The number of nitrogens with zero attached hydrogens (tertiary/aromatic N) is 6. The van der Waals surface area contributed by atoms with Crippen LogP contribution in [0.3, 0.4) is 0 Å². The van der Waals surface area contributed by atoms with Gasteiger partial charge >= 0.3 is 6.03 Å². The number of nitrogens with one attached hydrogen (secondary N) is 2. The van der Waals surface area contributed by atoms with E-state index in [1.54, 1.807) is 0 Å². The fraction of sp³-hybridized carbons (Fsp3) is 0.353. The van der Waals surface area contributed by atoms with Crippen LogP contribution in [0.5, 0.6) is 0 Å². The molecule has 0 saturated carbocycles. The molecule has 1 unspecified atom stereocenters. The highest BCUT2D eigenvalue weighted by Gasteiger charge is 2.25. The zero-order valence-electron chi connectivity index (χ0n) is 14.5. The largest absolute Gasteiger partial charge is 0.328 e. The molecule has 1 aliphatic rings. The van der Waals surface area contributed by atoms with E-state index >= 15 is 0 Å². The Kier molecular flexibility index (Phi) is 4.34. The standard InChI is InChI=1S/C17H20N8O/c1-2-14-20-16-13(9-6-10-24(16)22-14)19-17(26)21-15-11-18-25(23-15)12-7-4-3-5-8-12/h3-5,7-8,11,13H,2,6,9-10H2,1H3,(H2,19,21,23,26). The fourth-order valence-electron chi connectivity index (χ4n) is 3.00. The zero-order chi connectivity index (χ0) is 17.9. The van der Waals surface area contributed by atoms with Crippen LogP contribution in [-0.2, 0) is 13.0 Å². The van der Waals surface area contributed by atoms with Crippen molar-refractivity contribution in [3.63, 3.8) is 0 Å². The molecule has 3 aromatic rings. The van der Waals surface area contributed by atoms with Crippen molar-refractivity contribution >= 4 is 11.8 Å². The molecule has 2 aromatic heterocycles. The number of carbonyl (C=O) groups excluding carboxylic acids is 1. The van der Waals surface area contributed by atoms with E-state index in [-0.39, 0.29) is 12.1 Å². The van der Waals surface area contributed by atoms with Gasteiger partial charge in [-0.1, -0.05) is 25.1 Å². The second-order valence-electron chi connectivity index (χ2n) is 6.11. The van der Waals surface area contributed by atoms with Crippen molar-refractivity contribution in [3.8, 4) is 5.69 Å². The highest BCUT2D eigenvalue weighted by molar-refractivity contribution is 5.88. The van der Waals surface area contributed by atoms with Crippen LogP contribution >= 0.6 is 0 Å². The van der Waals surface area contributed by atoms with Gasteiger partial charge in [0.05, 0.1) is 17.9 Å². The summed E-state index contributed by atoms with van der Waals surface area (Å²) in [6.45, 7) is 2.86. The van der Waals surface area contributed by atoms with Crippen molar-refractivity contribution in [2.24, 2.45) is 0 Å². The van der Waals surface area contributed by atoms with Gasteiger partial charge in [-0.15, -0.1) is 9.90 Å². The number of carbonyl (C=O) groups is 1. The van der Waals surface area contributed by atoms with Crippen molar-refractivity contribution in [1.29, 1.82) is 0 Å². The summed E-state index contributed by atoms with van der Waals surface area (Å²) < 4.78 is 1.89. The van der Waals surface area contributed by atoms with Crippen LogP contribution < -0.4 is 10.6 Å². The molecule has 2 N–H and O–H groups in total. The number of fused-ring (bicyclic) bond motifs is 1. The van der Waals surface area contributed by atoms with E-state index in [9.17, 15) is 4.79 Å². The summed E-state index contributed by atoms with van der Waals surface area (Å²) in [5.41, 5.74) is 0.827. The molecule has 1 aliphatic heterocycles. The van der Waals surface area contributed by atoms with Crippen LogP contribution in [0, 0.1) is 0 Å². The lowest BCUT2D eigenvalue weighted by atomic mass is 10.1. The number of urea groups is 1. The minimum atomic E-state index is -0.329. The number of benzene rings is 1. The maximum Gasteiger partial charge on any atom is 0.321 e. The third kappa shape index (κ3) is 3.28. The molecule has 1 aromatic carbocycles. The van der Waals surface area contributed by atoms with Crippen molar-refractivity contribution < 1.29 is 4.79 Å². The summed E-state index contributed by atoms with van der Waals surface area (Å²) in [5.74, 6) is 2.01. The number of hydrogen-bond donors (Lipinski definition) is 2. The molecule has 9 nitrogen and oxygen atoms in total. The number of anilines is 1. The lowest BCUT2D eigenvalue weighted by Crippen LogP contribution is -2.36. The Hall–Kier alpha value is -3.23. The van der Waals surface area contributed by atoms with E-state index in [0.717, 1.165) is 43.1 Å². The first-order chi connectivity index (χ1) is 12.7. The average molecular weight is 352 g/mol. The lowest BCUT2D eigenvalue weighted by molar-refractivity contribution is 0.244. The molecule has 0 fully saturated rings. The molecular weight excluding hydrogens is 332 g/mol. The third-order valence-electron chi connectivity index (χ3n) is 4.26. The monoisotopic (exact) mass is 352 g/mol. The van der Waals surface area contributed by atoms with Gasteiger partial charge in [0.25, 0.3) is 0 Å². The molecule has 26 heavy (non-hydrogen) atoms. The molecule has 134 valence electrons. The lowest BCUT2D eigenvalue weighted by Gasteiger charge is -2.22. The summed E-state index contributed by atoms with van der Waals surface area (Å²) >= 11 is 0. The van der Waals surface area contributed by atoms with Gasteiger partial charge in [-0.2, -0.15) is 10.2 Å². The quantitative estimate of drug-likeness (QED) is 0.748.